The average molecular weight is 652 g/mol. The van der Waals surface area contributed by atoms with E-state index in [0.717, 1.165) is 41.2 Å². The highest BCUT2D eigenvalue weighted by atomic mass is 16.3. The van der Waals surface area contributed by atoms with Gasteiger partial charge in [-0.25, -0.2) is 0 Å². The van der Waals surface area contributed by atoms with Crippen LogP contribution in [0, 0.1) is 0 Å². The summed E-state index contributed by atoms with van der Waals surface area (Å²) in [7, 11) is 0. The summed E-state index contributed by atoms with van der Waals surface area (Å²) >= 11 is 0. The number of hydrogen-bond donors (Lipinski definition) is 0. The summed E-state index contributed by atoms with van der Waals surface area (Å²) in [6, 6.07) is 60.3. The van der Waals surface area contributed by atoms with Gasteiger partial charge in [0, 0.05) is 22.3 Å². The summed E-state index contributed by atoms with van der Waals surface area (Å²) in [6.45, 7) is 0. The molecule has 0 amide bonds. The van der Waals surface area contributed by atoms with Crippen LogP contribution in [-0.2, 0) is 11.8 Å². The molecular formula is C49H33NO. The van der Waals surface area contributed by atoms with Gasteiger partial charge in [-0.3, -0.25) is 0 Å². The zero-order valence-corrected chi connectivity index (χ0v) is 28.0. The molecule has 1 aromatic heterocycles. The number of benzene rings is 7. The van der Waals surface area contributed by atoms with Crippen molar-refractivity contribution in [2.75, 3.05) is 4.90 Å². The van der Waals surface area contributed by atoms with Crippen molar-refractivity contribution >= 4 is 34.1 Å². The van der Waals surface area contributed by atoms with Crippen LogP contribution in [0.15, 0.2) is 174 Å². The highest BCUT2D eigenvalue weighted by Crippen LogP contribution is 2.63. The van der Waals surface area contributed by atoms with Gasteiger partial charge in [-0.2, -0.15) is 0 Å². The van der Waals surface area contributed by atoms with E-state index < -0.39 is 5.41 Å². The SMILES string of the molecule is C1=Cc2oc3c(N(c4ccc(-c5ccccc5)cc4)c4ccc5c(c4)C4(c6ccccc6-c6ccccc64)c4ccccc4-5)cccc3c2CC1. The van der Waals surface area contributed by atoms with Crippen LogP contribution in [0.5, 0.6) is 0 Å². The van der Waals surface area contributed by atoms with Gasteiger partial charge in [0.05, 0.1) is 11.1 Å². The molecule has 3 aliphatic rings. The molecule has 8 aromatic rings. The van der Waals surface area contributed by atoms with Crippen molar-refractivity contribution in [1.82, 2.24) is 0 Å². The van der Waals surface area contributed by atoms with Crippen molar-refractivity contribution in [2.24, 2.45) is 0 Å². The summed E-state index contributed by atoms with van der Waals surface area (Å²) in [5.41, 5.74) is 18.0. The molecule has 0 bridgehead atoms. The zero-order chi connectivity index (χ0) is 33.5. The van der Waals surface area contributed by atoms with Gasteiger partial charge in [0.1, 0.15) is 5.76 Å². The van der Waals surface area contributed by atoms with E-state index in [1.54, 1.807) is 0 Å². The number of rotatable bonds is 4. The number of fused-ring (bicyclic) bond motifs is 13. The summed E-state index contributed by atoms with van der Waals surface area (Å²) in [6.07, 6.45) is 6.39. The molecule has 51 heavy (non-hydrogen) atoms. The minimum absolute atomic E-state index is 0.418. The fraction of sp³-hybridized carbons (Fsp3) is 0.0612. The molecule has 0 saturated carbocycles. The van der Waals surface area contributed by atoms with E-state index >= 15 is 0 Å². The van der Waals surface area contributed by atoms with Gasteiger partial charge in [-0.05, 0) is 105 Å². The molecular weight excluding hydrogens is 619 g/mol. The Morgan fingerprint density at radius 3 is 1.76 bits per heavy atom. The van der Waals surface area contributed by atoms with Gasteiger partial charge in [-0.1, -0.05) is 140 Å². The Kier molecular flexibility index (Phi) is 6.03. The summed E-state index contributed by atoms with van der Waals surface area (Å²) in [4.78, 5) is 2.40. The van der Waals surface area contributed by atoms with Gasteiger partial charge in [0.15, 0.2) is 5.58 Å². The van der Waals surface area contributed by atoms with Crippen molar-refractivity contribution in [3.05, 3.63) is 203 Å². The number of anilines is 3. The van der Waals surface area contributed by atoms with Crippen LogP contribution in [0.1, 0.15) is 40.0 Å². The number of furan rings is 1. The van der Waals surface area contributed by atoms with Gasteiger partial charge in [0.2, 0.25) is 0 Å². The largest absolute Gasteiger partial charge is 0.454 e. The number of nitrogens with zero attached hydrogens (tertiary/aromatic N) is 1. The van der Waals surface area contributed by atoms with E-state index in [-0.39, 0.29) is 0 Å². The molecule has 1 heterocycles. The molecule has 3 aliphatic carbocycles. The number of para-hydroxylation sites is 1. The fourth-order valence-corrected chi connectivity index (χ4v) is 9.24. The van der Waals surface area contributed by atoms with E-state index in [2.05, 4.69) is 181 Å². The first-order chi connectivity index (χ1) is 25.3. The standard InChI is InChI=1S/C49H33NO/c1-2-13-32(14-3-1)33-25-27-34(28-26-33)50(46-23-12-19-41-40-18-7-11-24-47(40)51-48(41)46)35-29-30-39-38-17-6-10-22-44(38)49(45(39)31-35)42-20-8-4-15-36(42)37-16-5-9-21-43(37)49/h1-6,8-17,19-31H,7,18H2. The second-order valence-corrected chi connectivity index (χ2v) is 13.9. The van der Waals surface area contributed by atoms with Crippen LogP contribution in [0.25, 0.3) is 50.4 Å². The predicted octanol–water partition coefficient (Wildman–Crippen LogP) is 12.9. The van der Waals surface area contributed by atoms with Crippen molar-refractivity contribution in [3.63, 3.8) is 0 Å². The van der Waals surface area contributed by atoms with Crippen LogP contribution in [0.4, 0.5) is 17.1 Å². The van der Waals surface area contributed by atoms with E-state index in [4.69, 9.17) is 4.42 Å². The van der Waals surface area contributed by atoms with Gasteiger partial charge < -0.3 is 9.32 Å². The lowest BCUT2D eigenvalue weighted by atomic mass is 9.70. The second-order valence-electron chi connectivity index (χ2n) is 13.9. The van der Waals surface area contributed by atoms with Crippen LogP contribution in [-0.4, -0.2) is 0 Å². The molecule has 0 unspecified atom stereocenters. The maximum Gasteiger partial charge on any atom is 0.159 e. The second kappa shape index (κ2) is 10.8. The molecule has 7 aromatic carbocycles. The highest BCUT2D eigenvalue weighted by Gasteiger charge is 2.51. The average Bonchev–Trinajstić information content (AvgIpc) is 3.83. The van der Waals surface area contributed by atoms with E-state index in [9.17, 15) is 0 Å². The minimum atomic E-state index is -0.418. The lowest BCUT2D eigenvalue weighted by Crippen LogP contribution is -2.26. The normalized spacial score (nSPS) is 14.2. The highest BCUT2D eigenvalue weighted by molar-refractivity contribution is 6.00. The lowest BCUT2D eigenvalue weighted by molar-refractivity contribution is 0.596. The molecule has 0 radical (unpaired) electrons. The molecule has 0 atom stereocenters. The van der Waals surface area contributed by atoms with Crippen molar-refractivity contribution < 1.29 is 4.42 Å². The molecule has 0 N–H and O–H groups in total. The summed E-state index contributed by atoms with van der Waals surface area (Å²) < 4.78 is 6.74. The Labute approximate surface area is 297 Å². The molecule has 2 heteroatoms. The maximum atomic E-state index is 6.74. The van der Waals surface area contributed by atoms with E-state index in [1.807, 2.05) is 0 Å². The number of allylic oxidation sites excluding steroid dienone is 1. The Morgan fingerprint density at radius 1 is 0.490 bits per heavy atom. The van der Waals surface area contributed by atoms with Gasteiger partial charge >= 0.3 is 0 Å². The first-order valence-electron chi connectivity index (χ1n) is 17.9. The summed E-state index contributed by atoms with van der Waals surface area (Å²) in [5, 5.41) is 1.20. The van der Waals surface area contributed by atoms with E-state index in [1.165, 1.54) is 66.6 Å². The van der Waals surface area contributed by atoms with Gasteiger partial charge in [0.25, 0.3) is 0 Å². The molecule has 0 saturated heterocycles. The molecule has 240 valence electrons. The zero-order valence-electron chi connectivity index (χ0n) is 28.0. The molecule has 0 aliphatic heterocycles. The Balaban J connectivity index is 1.18. The predicted molar refractivity (Wildman–Crippen MR) is 210 cm³/mol. The monoisotopic (exact) mass is 651 g/mol. The van der Waals surface area contributed by atoms with Crippen LogP contribution in [0.2, 0.25) is 0 Å². The minimum Gasteiger partial charge on any atom is -0.454 e. The molecule has 11 rings (SSSR count). The van der Waals surface area contributed by atoms with Crippen LogP contribution < -0.4 is 4.90 Å². The number of hydrogen-bond acceptors (Lipinski definition) is 2. The first kappa shape index (κ1) is 28.5. The Hall–Kier alpha value is -6.38. The first-order valence-corrected chi connectivity index (χ1v) is 17.9. The van der Waals surface area contributed by atoms with E-state index in [0.29, 0.717) is 0 Å². The maximum absolute atomic E-state index is 6.74. The molecule has 0 fully saturated rings. The van der Waals surface area contributed by atoms with Crippen molar-refractivity contribution in [2.45, 2.75) is 18.3 Å². The third kappa shape index (κ3) is 3.93. The Morgan fingerprint density at radius 2 is 1.08 bits per heavy atom. The Bertz CT molecular complexity index is 2630. The lowest BCUT2D eigenvalue weighted by Gasteiger charge is -2.32. The topological polar surface area (TPSA) is 16.4 Å². The quantitative estimate of drug-likeness (QED) is 0.188. The number of aryl methyl sites for hydroxylation is 1. The third-order valence-corrected chi connectivity index (χ3v) is 11.4. The summed E-state index contributed by atoms with van der Waals surface area (Å²) in [5.74, 6) is 0.977. The van der Waals surface area contributed by atoms with Crippen LogP contribution >= 0.6 is 0 Å². The van der Waals surface area contributed by atoms with Crippen molar-refractivity contribution in [3.8, 4) is 33.4 Å². The smallest absolute Gasteiger partial charge is 0.159 e. The third-order valence-electron chi connectivity index (χ3n) is 11.4. The van der Waals surface area contributed by atoms with Gasteiger partial charge in [-0.15, -0.1) is 0 Å². The fourth-order valence-electron chi connectivity index (χ4n) is 9.24. The van der Waals surface area contributed by atoms with Crippen LogP contribution in [0.3, 0.4) is 0 Å². The van der Waals surface area contributed by atoms with Crippen molar-refractivity contribution in [1.29, 1.82) is 0 Å². The molecule has 1 spiro atoms. The molecule has 2 nitrogen and oxygen atoms in total.